The van der Waals surface area contributed by atoms with E-state index in [2.05, 4.69) is 156 Å². The number of nitrogens with zero attached hydrogens (tertiary/aromatic N) is 4. The molecular weight excluding hydrogens is 625 g/mol. The summed E-state index contributed by atoms with van der Waals surface area (Å²) in [5, 5.41) is 2.38. The Balaban J connectivity index is 1.04. The molecule has 1 aliphatic carbocycles. The van der Waals surface area contributed by atoms with Gasteiger partial charge in [0.05, 0.1) is 22.4 Å². The minimum absolute atomic E-state index is 0.0155. The van der Waals surface area contributed by atoms with Crippen LogP contribution in [-0.4, -0.2) is 16.2 Å². The molecule has 1 fully saturated rings. The minimum Gasteiger partial charge on any atom is -0.457 e. The van der Waals surface area contributed by atoms with Gasteiger partial charge in [-0.3, -0.25) is 4.57 Å². The first-order valence-corrected chi connectivity index (χ1v) is 18.4. The van der Waals surface area contributed by atoms with E-state index in [1.807, 2.05) is 12.3 Å². The van der Waals surface area contributed by atoms with E-state index in [4.69, 9.17) is 9.72 Å². The van der Waals surface area contributed by atoms with Gasteiger partial charge in [-0.25, -0.2) is 4.98 Å². The fourth-order valence-corrected chi connectivity index (χ4v) is 8.16. The normalized spacial score (nSPS) is 15.1. The van der Waals surface area contributed by atoms with Crippen molar-refractivity contribution in [2.24, 2.45) is 0 Å². The smallest absolute Gasteiger partial charge is 0.137 e. The van der Waals surface area contributed by atoms with Crippen LogP contribution in [0.1, 0.15) is 69.9 Å². The van der Waals surface area contributed by atoms with Gasteiger partial charge in [0, 0.05) is 40.5 Å². The first-order chi connectivity index (χ1) is 24.9. The summed E-state index contributed by atoms with van der Waals surface area (Å²) in [4.78, 5) is 9.69. The lowest BCUT2D eigenvalue weighted by Gasteiger charge is -2.25. The molecular formula is C46H44N4O. The Labute approximate surface area is 300 Å². The fraction of sp³-hybridized carbons (Fsp3) is 0.239. The molecule has 51 heavy (non-hydrogen) atoms. The van der Waals surface area contributed by atoms with Crippen molar-refractivity contribution in [3.8, 4) is 17.3 Å². The van der Waals surface area contributed by atoms with Crippen LogP contribution < -0.4 is 14.5 Å². The number of pyridine rings is 1. The van der Waals surface area contributed by atoms with Gasteiger partial charge in [-0.1, -0.05) is 88.6 Å². The molecule has 9 rings (SSSR count). The van der Waals surface area contributed by atoms with E-state index in [1.165, 1.54) is 71.1 Å². The summed E-state index contributed by atoms with van der Waals surface area (Å²) in [6, 6.07) is 45.8. The van der Waals surface area contributed by atoms with Gasteiger partial charge in [-0.05, 0) is 102 Å². The lowest BCUT2D eigenvalue weighted by Crippen LogP contribution is -2.24. The number of anilines is 4. The first kappa shape index (κ1) is 31.4. The van der Waals surface area contributed by atoms with E-state index in [9.17, 15) is 0 Å². The molecule has 5 nitrogen and oxygen atoms in total. The molecule has 1 saturated carbocycles. The van der Waals surface area contributed by atoms with Gasteiger partial charge in [0.15, 0.2) is 0 Å². The van der Waals surface area contributed by atoms with E-state index in [0.29, 0.717) is 5.92 Å². The van der Waals surface area contributed by atoms with Gasteiger partial charge in [0.2, 0.25) is 0 Å². The summed E-state index contributed by atoms with van der Waals surface area (Å²) in [7, 11) is 0. The third-order valence-corrected chi connectivity index (χ3v) is 10.9. The Morgan fingerprint density at radius 3 is 2.08 bits per heavy atom. The Bertz CT molecular complexity index is 2380. The summed E-state index contributed by atoms with van der Waals surface area (Å²) in [5.74, 6) is 3.18. The van der Waals surface area contributed by atoms with Gasteiger partial charge in [-0.2, -0.15) is 0 Å². The Morgan fingerprint density at radius 1 is 0.608 bits per heavy atom. The van der Waals surface area contributed by atoms with Crippen molar-refractivity contribution in [1.82, 2.24) is 9.55 Å². The molecule has 0 spiro atoms. The highest BCUT2D eigenvalue weighted by Crippen LogP contribution is 2.46. The molecule has 0 amide bonds. The van der Waals surface area contributed by atoms with Crippen molar-refractivity contribution < 1.29 is 4.74 Å². The van der Waals surface area contributed by atoms with Gasteiger partial charge >= 0.3 is 0 Å². The Hall–Kier alpha value is -5.55. The number of ether oxygens (including phenoxy) is 1. The molecule has 2 aromatic heterocycles. The van der Waals surface area contributed by atoms with E-state index < -0.39 is 0 Å². The van der Waals surface area contributed by atoms with Crippen LogP contribution in [0.15, 0.2) is 134 Å². The maximum absolute atomic E-state index is 6.66. The van der Waals surface area contributed by atoms with Crippen LogP contribution in [0.2, 0.25) is 0 Å². The zero-order valence-corrected chi connectivity index (χ0v) is 29.7. The summed E-state index contributed by atoms with van der Waals surface area (Å²) in [5.41, 5.74) is 9.74. The Morgan fingerprint density at radius 2 is 1.29 bits per heavy atom. The van der Waals surface area contributed by atoms with Crippen LogP contribution in [0, 0.1) is 0 Å². The molecule has 0 atom stereocenters. The SMILES string of the molecule is CC(C)(C)c1ccnc(-n2c3ccccc3c3ccc(Oc4cccc(N5CN(c6cccc(C7CCCCC7)c6)c6ccccc65)c4)cc32)c1. The van der Waals surface area contributed by atoms with E-state index in [1.54, 1.807) is 0 Å². The molecule has 254 valence electrons. The third-order valence-electron chi connectivity index (χ3n) is 10.9. The van der Waals surface area contributed by atoms with E-state index >= 15 is 0 Å². The summed E-state index contributed by atoms with van der Waals surface area (Å²) in [6.45, 7) is 7.47. The molecule has 0 bridgehead atoms. The second-order valence-electron chi connectivity index (χ2n) is 15.2. The molecule has 1 aliphatic heterocycles. The number of aromatic nitrogens is 2. The average molecular weight is 669 g/mol. The van der Waals surface area contributed by atoms with Crippen LogP contribution >= 0.6 is 0 Å². The van der Waals surface area contributed by atoms with Crippen LogP contribution in [0.4, 0.5) is 22.7 Å². The predicted molar refractivity (Wildman–Crippen MR) is 212 cm³/mol. The standard InChI is InChI=1S/C46H44N4O/c1-46(2,3)34-25-26-47-45(28-34)50-41-20-8-7-19-39(41)40-24-23-38(30-44(40)50)51-37-18-12-17-36(29-37)49-31-48(42-21-9-10-22-43(42)49)35-16-11-15-33(27-35)32-13-5-4-6-14-32/h7-12,15-30,32H,4-6,13-14,31H2,1-3H3. The maximum Gasteiger partial charge on any atom is 0.137 e. The highest BCUT2D eigenvalue weighted by atomic mass is 16.5. The van der Waals surface area contributed by atoms with E-state index in [0.717, 1.165) is 40.7 Å². The van der Waals surface area contributed by atoms with Gasteiger partial charge in [0.25, 0.3) is 0 Å². The number of benzene rings is 5. The fourth-order valence-electron chi connectivity index (χ4n) is 8.16. The number of rotatable bonds is 6. The molecule has 0 N–H and O–H groups in total. The molecule has 0 unspecified atom stereocenters. The van der Waals surface area contributed by atoms with Crippen molar-refractivity contribution in [3.05, 3.63) is 145 Å². The average Bonchev–Trinajstić information content (AvgIpc) is 3.71. The topological polar surface area (TPSA) is 33.5 Å². The molecule has 0 saturated heterocycles. The third kappa shape index (κ3) is 5.81. The van der Waals surface area contributed by atoms with Crippen LogP contribution in [0.3, 0.4) is 0 Å². The van der Waals surface area contributed by atoms with Gasteiger partial charge in [0.1, 0.15) is 24.0 Å². The molecule has 3 heterocycles. The molecule has 7 aromatic rings. The largest absolute Gasteiger partial charge is 0.457 e. The minimum atomic E-state index is 0.0155. The molecule has 0 radical (unpaired) electrons. The monoisotopic (exact) mass is 668 g/mol. The highest BCUT2D eigenvalue weighted by molar-refractivity contribution is 6.09. The van der Waals surface area contributed by atoms with Crippen LogP contribution in [0.25, 0.3) is 27.6 Å². The molecule has 2 aliphatic rings. The predicted octanol–water partition coefficient (Wildman–Crippen LogP) is 12.6. The summed E-state index contributed by atoms with van der Waals surface area (Å²) >= 11 is 0. The van der Waals surface area contributed by atoms with Gasteiger partial charge in [-0.15, -0.1) is 0 Å². The van der Waals surface area contributed by atoms with Crippen LogP contribution in [-0.2, 0) is 5.41 Å². The number of para-hydroxylation sites is 3. The van der Waals surface area contributed by atoms with Crippen molar-refractivity contribution >= 4 is 44.6 Å². The zero-order valence-electron chi connectivity index (χ0n) is 29.7. The maximum atomic E-state index is 6.66. The quantitative estimate of drug-likeness (QED) is 0.177. The first-order valence-electron chi connectivity index (χ1n) is 18.4. The van der Waals surface area contributed by atoms with E-state index in [-0.39, 0.29) is 5.41 Å². The summed E-state index contributed by atoms with van der Waals surface area (Å²) < 4.78 is 8.93. The molecule has 5 aromatic carbocycles. The molecule has 5 heteroatoms. The lowest BCUT2D eigenvalue weighted by molar-refractivity contribution is 0.443. The van der Waals surface area contributed by atoms with Crippen molar-refractivity contribution in [3.63, 3.8) is 0 Å². The van der Waals surface area contributed by atoms with Crippen LogP contribution in [0.5, 0.6) is 11.5 Å². The lowest BCUT2D eigenvalue weighted by atomic mass is 9.84. The summed E-state index contributed by atoms with van der Waals surface area (Å²) in [6.07, 6.45) is 8.58. The van der Waals surface area contributed by atoms with Crippen molar-refractivity contribution in [2.75, 3.05) is 16.5 Å². The number of hydrogen-bond acceptors (Lipinski definition) is 4. The van der Waals surface area contributed by atoms with Crippen molar-refractivity contribution in [1.29, 1.82) is 0 Å². The highest BCUT2D eigenvalue weighted by Gasteiger charge is 2.29. The Kier molecular flexibility index (Phi) is 7.80. The number of hydrogen-bond donors (Lipinski definition) is 0. The second-order valence-corrected chi connectivity index (χ2v) is 15.2. The second kappa shape index (κ2) is 12.6. The zero-order chi connectivity index (χ0) is 34.5. The number of fused-ring (bicyclic) bond motifs is 4. The van der Waals surface area contributed by atoms with Crippen molar-refractivity contribution in [2.45, 2.75) is 64.2 Å². The van der Waals surface area contributed by atoms with Gasteiger partial charge < -0.3 is 14.5 Å².